The van der Waals surface area contributed by atoms with Gasteiger partial charge in [0.05, 0.1) is 23.7 Å². The standard InChI is InChI=1S/C21H24N6O2/c1-2-25-9-11-26(12-10-25)20(28)16-14-23-27(19(16)15-5-6-15)21-22-8-7-17(24-21)18-4-3-13-29-18/h3-4,7-8,13-15H,2,5-6,9-12H2,1H3. The lowest BCUT2D eigenvalue weighted by atomic mass is 10.1. The summed E-state index contributed by atoms with van der Waals surface area (Å²) in [6.45, 7) is 6.53. The lowest BCUT2D eigenvalue weighted by molar-refractivity contribution is 0.0642. The van der Waals surface area contributed by atoms with E-state index in [4.69, 9.17) is 4.42 Å². The smallest absolute Gasteiger partial charge is 0.257 e. The minimum Gasteiger partial charge on any atom is -0.463 e. The average molecular weight is 392 g/mol. The number of piperazine rings is 1. The van der Waals surface area contributed by atoms with Gasteiger partial charge in [0, 0.05) is 38.3 Å². The van der Waals surface area contributed by atoms with Gasteiger partial charge in [0.15, 0.2) is 5.76 Å². The number of furan rings is 1. The molecule has 2 fully saturated rings. The van der Waals surface area contributed by atoms with Crippen LogP contribution in [0.5, 0.6) is 0 Å². The number of hydrogen-bond acceptors (Lipinski definition) is 6. The van der Waals surface area contributed by atoms with Crippen molar-refractivity contribution >= 4 is 5.91 Å². The number of carbonyl (C=O) groups excluding carboxylic acids is 1. The van der Waals surface area contributed by atoms with Crippen LogP contribution in [0.4, 0.5) is 0 Å². The highest BCUT2D eigenvalue weighted by atomic mass is 16.3. The minimum atomic E-state index is 0.0658. The first-order valence-electron chi connectivity index (χ1n) is 10.2. The third kappa shape index (κ3) is 3.44. The first kappa shape index (κ1) is 18.1. The highest BCUT2D eigenvalue weighted by Crippen LogP contribution is 2.42. The molecule has 0 radical (unpaired) electrons. The normalized spacial score (nSPS) is 17.6. The van der Waals surface area contributed by atoms with E-state index < -0.39 is 0 Å². The van der Waals surface area contributed by atoms with Gasteiger partial charge in [0.2, 0.25) is 0 Å². The zero-order valence-corrected chi connectivity index (χ0v) is 16.5. The van der Waals surface area contributed by atoms with Crippen molar-refractivity contribution in [2.75, 3.05) is 32.7 Å². The Kier molecular flexibility index (Phi) is 4.63. The molecule has 0 atom stereocenters. The van der Waals surface area contributed by atoms with Crippen LogP contribution in [0, 0.1) is 0 Å². The molecule has 2 aliphatic rings. The lowest BCUT2D eigenvalue weighted by Crippen LogP contribution is -2.48. The molecule has 1 saturated carbocycles. The molecule has 3 aromatic rings. The van der Waals surface area contributed by atoms with E-state index in [2.05, 4.69) is 26.9 Å². The summed E-state index contributed by atoms with van der Waals surface area (Å²) < 4.78 is 7.19. The lowest BCUT2D eigenvalue weighted by Gasteiger charge is -2.34. The van der Waals surface area contributed by atoms with Crippen LogP contribution in [0.15, 0.2) is 41.3 Å². The van der Waals surface area contributed by atoms with Crippen molar-refractivity contribution in [1.82, 2.24) is 29.5 Å². The first-order valence-corrected chi connectivity index (χ1v) is 10.2. The Morgan fingerprint density at radius 2 is 2.03 bits per heavy atom. The molecule has 8 heteroatoms. The molecule has 1 aliphatic heterocycles. The van der Waals surface area contributed by atoms with E-state index in [0.717, 1.165) is 51.3 Å². The average Bonchev–Trinajstić information content (AvgIpc) is 3.28. The number of carbonyl (C=O) groups is 1. The molecule has 0 aromatic carbocycles. The van der Waals surface area contributed by atoms with E-state index in [-0.39, 0.29) is 5.91 Å². The predicted octanol–water partition coefficient (Wildman–Crippen LogP) is 2.58. The Morgan fingerprint density at radius 3 is 2.72 bits per heavy atom. The molecule has 150 valence electrons. The van der Waals surface area contributed by atoms with Crippen LogP contribution in [-0.2, 0) is 0 Å². The second kappa shape index (κ2) is 7.44. The van der Waals surface area contributed by atoms with Crippen molar-refractivity contribution in [3.63, 3.8) is 0 Å². The van der Waals surface area contributed by atoms with Crippen molar-refractivity contribution < 1.29 is 9.21 Å². The van der Waals surface area contributed by atoms with Gasteiger partial charge in [-0.2, -0.15) is 5.10 Å². The van der Waals surface area contributed by atoms with Gasteiger partial charge in [-0.25, -0.2) is 14.6 Å². The molecule has 5 rings (SSSR count). The summed E-state index contributed by atoms with van der Waals surface area (Å²) in [5.74, 6) is 1.55. The fraction of sp³-hybridized carbons (Fsp3) is 0.429. The van der Waals surface area contributed by atoms with Crippen LogP contribution < -0.4 is 0 Å². The summed E-state index contributed by atoms with van der Waals surface area (Å²) in [7, 11) is 0. The van der Waals surface area contributed by atoms with Crippen LogP contribution in [0.2, 0.25) is 0 Å². The molecular formula is C21H24N6O2. The van der Waals surface area contributed by atoms with Crippen molar-refractivity contribution in [3.8, 4) is 17.4 Å². The Hall–Kier alpha value is -3.00. The third-order valence-corrected chi connectivity index (χ3v) is 5.71. The number of amides is 1. The molecule has 8 nitrogen and oxygen atoms in total. The highest BCUT2D eigenvalue weighted by Gasteiger charge is 2.35. The summed E-state index contributed by atoms with van der Waals surface area (Å²) >= 11 is 0. The number of nitrogens with zero attached hydrogens (tertiary/aromatic N) is 6. The predicted molar refractivity (Wildman–Crippen MR) is 107 cm³/mol. The van der Waals surface area contributed by atoms with Gasteiger partial charge in [0.25, 0.3) is 11.9 Å². The van der Waals surface area contributed by atoms with E-state index in [9.17, 15) is 4.79 Å². The molecule has 0 spiro atoms. The number of aromatic nitrogens is 4. The van der Waals surface area contributed by atoms with Gasteiger partial charge in [0.1, 0.15) is 5.69 Å². The Morgan fingerprint density at radius 1 is 1.21 bits per heavy atom. The number of likely N-dealkylation sites (N-methyl/N-ethyl adjacent to an activating group) is 1. The van der Waals surface area contributed by atoms with Gasteiger partial charge in [-0.05, 0) is 37.6 Å². The fourth-order valence-corrected chi connectivity index (χ4v) is 3.88. The van der Waals surface area contributed by atoms with Crippen LogP contribution in [0.25, 0.3) is 17.4 Å². The van der Waals surface area contributed by atoms with Crippen molar-refractivity contribution in [3.05, 3.63) is 48.1 Å². The third-order valence-electron chi connectivity index (χ3n) is 5.71. The van der Waals surface area contributed by atoms with E-state index >= 15 is 0 Å². The molecule has 1 aliphatic carbocycles. The first-order chi connectivity index (χ1) is 14.2. The van der Waals surface area contributed by atoms with Gasteiger partial charge >= 0.3 is 0 Å². The van der Waals surface area contributed by atoms with E-state index in [1.165, 1.54) is 0 Å². The zero-order chi connectivity index (χ0) is 19.8. The van der Waals surface area contributed by atoms with E-state index in [0.29, 0.717) is 28.9 Å². The second-order valence-corrected chi connectivity index (χ2v) is 7.58. The van der Waals surface area contributed by atoms with Crippen molar-refractivity contribution in [2.45, 2.75) is 25.7 Å². The van der Waals surface area contributed by atoms with Gasteiger partial charge in [-0.15, -0.1) is 0 Å². The molecule has 1 saturated heterocycles. The number of rotatable bonds is 5. The molecule has 4 heterocycles. The summed E-state index contributed by atoms with van der Waals surface area (Å²) in [5, 5.41) is 4.52. The molecule has 0 bridgehead atoms. The Balaban J connectivity index is 1.46. The maximum absolute atomic E-state index is 13.2. The summed E-state index contributed by atoms with van der Waals surface area (Å²) in [5.41, 5.74) is 2.31. The minimum absolute atomic E-state index is 0.0658. The maximum Gasteiger partial charge on any atom is 0.257 e. The van der Waals surface area contributed by atoms with Crippen molar-refractivity contribution in [1.29, 1.82) is 0 Å². The zero-order valence-electron chi connectivity index (χ0n) is 16.5. The highest BCUT2D eigenvalue weighted by molar-refractivity contribution is 5.95. The second-order valence-electron chi connectivity index (χ2n) is 7.58. The summed E-state index contributed by atoms with van der Waals surface area (Å²) in [4.78, 5) is 26.6. The molecule has 29 heavy (non-hydrogen) atoms. The van der Waals surface area contributed by atoms with E-state index in [1.807, 2.05) is 23.1 Å². The molecular weight excluding hydrogens is 368 g/mol. The Labute approximate surface area is 169 Å². The molecule has 3 aromatic heterocycles. The largest absolute Gasteiger partial charge is 0.463 e. The van der Waals surface area contributed by atoms with Gasteiger partial charge in [-0.1, -0.05) is 6.92 Å². The van der Waals surface area contributed by atoms with E-state index in [1.54, 1.807) is 23.3 Å². The van der Waals surface area contributed by atoms with Crippen LogP contribution in [-0.4, -0.2) is 68.2 Å². The van der Waals surface area contributed by atoms with Gasteiger partial charge < -0.3 is 14.2 Å². The molecule has 1 amide bonds. The van der Waals surface area contributed by atoms with Gasteiger partial charge in [-0.3, -0.25) is 4.79 Å². The van der Waals surface area contributed by atoms with Crippen molar-refractivity contribution in [2.24, 2.45) is 0 Å². The quantitative estimate of drug-likeness (QED) is 0.664. The van der Waals surface area contributed by atoms with Crippen LogP contribution in [0.1, 0.15) is 41.7 Å². The topological polar surface area (TPSA) is 80.3 Å². The van der Waals surface area contributed by atoms with Crippen LogP contribution >= 0.6 is 0 Å². The molecule has 0 N–H and O–H groups in total. The summed E-state index contributed by atoms with van der Waals surface area (Å²) in [6, 6.07) is 5.50. The SMILES string of the molecule is CCN1CCN(C(=O)c2cnn(-c3nccc(-c4ccco4)n3)c2C2CC2)CC1. The van der Waals surface area contributed by atoms with Crippen LogP contribution in [0.3, 0.4) is 0 Å². The molecule has 0 unspecified atom stereocenters. The summed E-state index contributed by atoms with van der Waals surface area (Å²) in [6.07, 6.45) is 7.13. The Bertz CT molecular complexity index is 1000. The number of hydrogen-bond donors (Lipinski definition) is 0. The monoisotopic (exact) mass is 392 g/mol. The fourth-order valence-electron chi connectivity index (χ4n) is 3.88. The maximum atomic E-state index is 13.2.